The largest absolute Gasteiger partial charge is 0.462 e. The predicted octanol–water partition coefficient (Wildman–Crippen LogP) is 0.933. The highest BCUT2D eigenvalue weighted by atomic mass is 32.1. The number of carbonyl (C=O) groups is 1. The molecule has 5 heteroatoms. The van der Waals surface area contributed by atoms with Gasteiger partial charge in [-0.05, 0) is 31.3 Å². The summed E-state index contributed by atoms with van der Waals surface area (Å²) < 4.78 is 5.29. The molecule has 0 unspecified atom stereocenters. The third-order valence-electron chi connectivity index (χ3n) is 1.77. The quantitative estimate of drug-likeness (QED) is 0.532. The molecule has 1 aromatic rings. The van der Waals surface area contributed by atoms with Crippen molar-refractivity contribution in [2.45, 2.75) is 6.92 Å². The standard InChI is InChI=1S/C9H8N2O2S/c1-5-2-3-6(13-5)4-7-8(12)11-9(14)10-7/h2-4H,1H3,(H2,10,11,12,14). The van der Waals surface area contributed by atoms with E-state index in [0.717, 1.165) is 5.76 Å². The van der Waals surface area contributed by atoms with E-state index in [1.165, 1.54) is 0 Å². The fourth-order valence-corrected chi connectivity index (χ4v) is 1.36. The monoisotopic (exact) mass is 208 g/mol. The maximum Gasteiger partial charge on any atom is 0.274 e. The van der Waals surface area contributed by atoms with Crippen LogP contribution in [0.25, 0.3) is 6.08 Å². The second kappa shape index (κ2) is 3.26. The Morgan fingerprint density at radius 2 is 2.21 bits per heavy atom. The fourth-order valence-electron chi connectivity index (χ4n) is 1.16. The number of carbonyl (C=O) groups excluding carboxylic acids is 1. The van der Waals surface area contributed by atoms with E-state index in [-0.39, 0.29) is 5.91 Å². The second-order valence-electron chi connectivity index (χ2n) is 2.91. The van der Waals surface area contributed by atoms with Gasteiger partial charge in [-0.15, -0.1) is 0 Å². The molecule has 0 radical (unpaired) electrons. The van der Waals surface area contributed by atoms with Gasteiger partial charge in [-0.25, -0.2) is 0 Å². The number of amides is 1. The first-order valence-electron chi connectivity index (χ1n) is 4.05. The SMILES string of the molecule is Cc1ccc(C=C2NC(=S)NC2=O)o1. The van der Waals surface area contributed by atoms with Gasteiger partial charge >= 0.3 is 0 Å². The molecule has 0 bridgehead atoms. The number of nitrogens with one attached hydrogen (secondary N) is 2. The van der Waals surface area contributed by atoms with E-state index in [2.05, 4.69) is 10.6 Å². The summed E-state index contributed by atoms with van der Waals surface area (Å²) in [5, 5.41) is 5.52. The van der Waals surface area contributed by atoms with Crippen LogP contribution in [0.15, 0.2) is 22.2 Å². The van der Waals surface area contributed by atoms with Gasteiger partial charge in [-0.1, -0.05) is 0 Å². The average molecular weight is 208 g/mol. The number of hydrogen-bond donors (Lipinski definition) is 2. The van der Waals surface area contributed by atoms with Gasteiger partial charge in [0, 0.05) is 6.08 Å². The Morgan fingerprint density at radius 3 is 2.71 bits per heavy atom. The zero-order chi connectivity index (χ0) is 10.1. The van der Waals surface area contributed by atoms with E-state index in [1.54, 1.807) is 12.1 Å². The molecule has 1 aliphatic heterocycles. The van der Waals surface area contributed by atoms with Crippen molar-refractivity contribution in [1.82, 2.24) is 10.6 Å². The van der Waals surface area contributed by atoms with E-state index in [1.807, 2.05) is 13.0 Å². The lowest BCUT2D eigenvalue weighted by Gasteiger charge is -1.91. The Bertz CT molecular complexity index is 434. The Kier molecular flexibility index (Phi) is 2.09. The van der Waals surface area contributed by atoms with Crippen LogP contribution < -0.4 is 10.6 Å². The maximum atomic E-state index is 11.2. The molecule has 14 heavy (non-hydrogen) atoms. The smallest absolute Gasteiger partial charge is 0.274 e. The molecule has 0 aliphatic carbocycles. The van der Waals surface area contributed by atoms with Crippen LogP contribution in [0.3, 0.4) is 0 Å². The highest BCUT2D eigenvalue weighted by Crippen LogP contribution is 2.11. The van der Waals surface area contributed by atoms with Crippen molar-refractivity contribution >= 4 is 29.3 Å². The predicted molar refractivity (Wildman–Crippen MR) is 55.3 cm³/mol. The van der Waals surface area contributed by atoms with Crippen LogP contribution in [0.2, 0.25) is 0 Å². The van der Waals surface area contributed by atoms with Crippen molar-refractivity contribution in [1.29, 1.82) is 0 Å². The third-order valence-corrected chi connectivity index (χ3v) is 1.97. The van der Waals surface area contributed by atoms with E-state index in [0.29, 0.717) is 16.6 Å². The number of thiocarbonyl (C=S) groups is 1. The first-order chi connectivity index (χ1) is 6.65. The van der Waals surface area contributed by atoms with Gasteiger partial charge in [-0.3, -0.25) is 10.1 Å². The van der Waals surface area contributed by atoms with Gasteiger partial charge in [0.1, 0.15) is 17.2 Å². The van der Waals surface area contributed by atoms with Crippen molar-refractivity contribution in [3.63, 3.8) is 0 Å². The minimum Gasteiger partial charge on any atom is -0.462 e. The van der Waals surface area contributed by atoms with E-state index < -0.39 is 0 Å². The lowest BCUT2D eigenvalue weighted by atomic mass is 10.3. The number of hydrogen-bond acceptors (Lipinski definition) is 3. The Balaban J connectivity index is 2.27. The minimum absolute atomic E-state index is 0.232. The second-order valence-corrected chi connectivity index (χ2v) is 3.32. The molecule has 0 atom stereocenters. The van der Waals surface area contributed by atoms with Crippen LogP contribution in [0.1, 0.15) is 11.5 Å². The molecule has 1 saturated heterocycles. The van der Waals surface area contributed by atoms with Crippen molar-refractivity contribution in [2.75, 3.05) is 0 Å². The number of rotatable bonds is 1. The van der Waals surface area contributed by atoms with Crippen LogP contribution in [0.5, 0.6) is 0 Å². The third kappa shape index (κ3) is 1.67. The normalized spacial score (nSPS) is 18.5. The van der Waals surface area contributed by atoms with Gasteiger partial charge < -0.3 is 9.73 Å². The zero-order valence-corrected chi connectivity index (χ0v) is 8.27. The first-order valence-corrected chi connectivity index (χ1v) is 4.46. The highest BCUT2D eigenvalue weighted by molar-refractivity contribution is 7.80. The van der Waals surface area contributed by atoms with Crippen LogP contribution in [-0.4, -0.2) is 11.0 Å². The zero-order valence-electron chi connectivity index (χ0n) is 7.46. The van der Waals surface area contributed by atoms with Gasteiger partial charge in [0.15, 0.2) is 5.11 Å². The Labute approximate surface area is 86.0 Å². The fraction of sp³-hybridized carbons (Fsp3) is 0.111. The summed E-state index contributed by atoms with van der Waals surface area (Å²) in [5.41, 5.74) is 0.407. The summed E-state index contributed by atoms with van der Waals surface area (Å²) in [6, 6.07) is 3.62. The summed E-state index contributed by atoms with van der Waals surface area (Å²) in [6.07, 6.45) is 1.61. The Morgan fingerprint density at radius 1 is 1.43 bits per heavy atom. The molecular weight excluding hydrogens is 200 g/mol. The van der Waals surface area contributed by atoms with Gasteiger partial charge in [-0.2, -0.15) is 0 Å². The summed E-state index contributed by atoms with van der Waals surface area (Å²) >= 11 is 4.78. The molecule has 2 heterocycles. The molecule has 0 spiro atoms. The molecule has 4 nitrogen and oxygen atoms in total. The van der Waals surface area contributed by atoms with Crippen LogP contribution in [0, 0.1) is 6.92 Å². The molecule has 2 N–H and O–H groups in total. The summed E-state index contributed by atoms with van der Waals surface area (Å²) in [7, 11) is 0. The van der Waals surface area contributed by atoms with Crippen molar-refractivity contribution in [3.05, 3.63) is 29.4 Å². The van der Waals surface area contributed by atoms with Gasteiger partial charge in [0.2, 0.25) is 0 Å². The van der Waals surface area contributed by atoms with E-state index >= 15 is 0 Å². The highest BCUT2D eigenvalue weighted by Gasteiger charge is 2.20. The molecule has 1 aliphatic rings. The van der Waals surface area contributed by atoms with Crippen LogP contribution in [0.4, 0.5) is 0 Å². The summed E-state index contributed by atoms with van der Waals surface area (Å²) in [5.74, 6) is 1.20. The van der Waals surface area contributed by atoms with Gasteiger partial charge in [0.25, 0.3) is 5.91 Å². The topological polar surface area (TPSA) is 54.3 Å². The molecule has 1 fully saturated rings. The molecule has 1 amide bonds. The molecule has 2 rings (SSSR count). The van der Waals surface area contributed by atoms with E-state index in [9.17, 15) is 4.79 Å². The maximum absolute atomic E-state index is 11.2. The van der Waals surface area contributed by atoms with Crippen molar-refractivity contribution < 1.29 is 9.21 Å². The van der Waals surface area contributed by atoms with Gasteiger partial charge in [0.05, 0.1) is 0 Å². The lowest BCUT2D eigenvalue weighted by Crippen LogP contribution is -2.21. The molecule has 1 aromatic heterocycles. The van der Waals surface area contributed by atoms with Crippen LogP contribution >= 0.6 is 12.2 Å². The molecule has 0 aromatic carbocycles. The summed E-state index contributed by atoms with van der Waals surface area (Å²) in [6.45, 7) is 1.84. The summed E-state index contributed by atoms with van der Waals surface area (Å²) in [4.78, 5) is 11.2. The first kappa shape index (κ1) is 8.96. The molecule has 72 valence electrons. The van der Waals surface area contributed by atoms with E-state index in [4.69, 9.17) is 16.6 Å². The van der Waals surface area contributed by atoms with Crippen LogP contribution in [-0.2, 0) is 4.79 Å². The van der Waals surface area contributed by atoms with Crippen molar-refractivity contribution in [2.24, 2.45) is 0 Å². The number of furan rings is 1. The lowest BCUT2D eigenvalue weighted by molar-refractivity contribution is -0.115. The van der Waals surface area contributed by atoms with Crippen molar-refractivity contribution in [3.8, 4) is 0 Å². The minimum atomic E-state index is -0.232. The molecular formula is C9H8N2O2S. The Hall–Kier alpha value is -1.62. The molecule has 0 saturated carbocycles. The average Bonchev–Trinajstić information content (AvgIpc) is 2.61. The number of aryl methyl sites for hydroxylation is 1.